The Labute approximate surface area is 235 Å². The smallest absolute Gasteiger partial charge is 0.224 e. The average molecular weight is 551 g/mol. The van der Waals surface area contributed by atoms with Crippen molar-refractivity contribution < 1.29 is 9.84 Å². The highest BCUT2D eigenvalue weighted by molar-refractivity contribution is 7.21. The minimum Gasteiger partial charge on any atom is -0.390 e. The number of ether oxygens (including phenoxy) is 1. The van der Waals surface area contributed by atoms with Crippen LogP contribution >= 0.6 is 11.3 Å². The average Bonchev–Trinajstić information content (AvgIpc) is 3.25. The van der Waals surface area contributed by atoms with E-state index in [-0.39, 0.29) is 12.0 Å². The third-order valence-electron chi connectivity index (χ3n) is 8.73. The summed E-state index contributed by atoms with van der Waals surface area (Å²) >= 11 is 1.69. The van der Waals surface area contributed by atoms with Gasteiger partial charge in [0.05, 0.1) is 33.9 Å². The highest BCUT2D eigenvalue weighted by atomic mass is 32.1. The Balaban J connectivity index is 1.24. The van der Waals surface area contributed by atoms with E-state index in [9.17, 15) is 5.11 Å². The summed E-state index contributed by atoms with van der Waals surface area (Å²) in [5.41, 5.74) is 3.34. The highest BCUT2D eigenvalue weighted by Gasteiger charge is 2.35. The molecule has 3 aromatic rings. The maximum absolute atomic E-state index is 10.6. The normalized spacial score (nSPS) is 22.2. The second-order valence-corrected chi connectivity index (χ2v) is 13.4. The van der Waals surface area contributed by atoms with Crippen molar-refractivity contribution in [2.75, 3.05) is 30.4 Å². The Morgan fingerprint density at radius 3 is 2.64 bits per heavy atom. The first-order valence-electron chi connectivity index (χ1n) is 14.8. The van der Waals surface area contributed by atoms with Gasteiger partial charge in [-0.05, 0) is 83.6 Å². The van der Waals surface area contributed by atoms with Gasteiger partial charge in [-0.15, -0.1) is 11.3 Å². The zero-order valence-corrected chi connectivity index (χ0v) is 24.3. The Kier molecular flexibility index (Phi) is 7.75. The van der Waals surface area contributed by atoms with Gasteiger partial charge in [0.25, 0.3) is 0 Å². The molecule has 9 heteroatoms. The lowest BCUT2D eigenvalue weighted by Crippen LogP contribution is -2.30. The summed E-state index contributed by atoms with van der Waals surface area (Å²) in [7, 11) is 0. The van der Waals surface area contributed by atoms with Crippen molar-refractivity contribution in [1.82, 2.24) is 19.9 Å². The van der Waals surface area contributed by atoms with Crippen LogP contribution in [0.15, 0.2) is 12.3 Å². The van der Waals surface area contributed by atoms with Crippen molar-refractivity contribution in [2.24, 2.45) is 11.8 Å². The van der Waals surface area contributed by atoms with E-state index in [4.69, 9.17) is 19.7 Å². The molecule has 3 N–H and O–H groups in total. The molecule has 2 atom stereocenters. The number of nitrogens with zero attached hydrogens (tertiary/aromatic N) is 4. The van der Waals surface area contributed by atoms with E-state index in [0.29, 0.717) is 25.0 Å². The number of hydrogen-bond donors (Lipinski definition) is 3. The first-order valence-corrected chi connectivity index (χ1v) is 15.6. The molecule has 210 valence electrons. The fourth-order valence-corrected chi connectivity index (χ4v) is 7.33. The molecule has 3 heterocycles. The topological polar surface area (TPSA) is 105 Å². The number of aromatic nitrogens is 4. The van der Waals surface area contributed by atoms with Gasteiger partial charge in [0.15, 0.2) is 0 Å². The summed E-state index contributed by atoms with van der Waals surface area (Å²) in [6.07, 6.45) is 12.5. The number of aliphatic hydroxyl groups is 1. The maximum atomic E-state index is 10.6. The van der Waals surface area contributed by atoms with Gasteiger partial charge in [-0.3, -0.25) is 4.98 Å². The molecule has 0 aromatic carbocycles. The second-order valence-electron chi connectivity index (χ2n) is 12.3. The van der Waals surface area contributed by atoms with Gasteiger partial charge in [-0.25, -0.2) is 9.97 Å². The van der Waals surface area contributed by atoms with E-state index in [1.165, 1.54) is 38.5 Å². The summed E-state index contributed by atoms with van der Waals surface area (Å²) in [6, 6.07) is 2.31. The molecule has 3 fully saturated rings. The lowest BCUT2D eigenvalue weighted by molar-refractivity contribution is 0.0197. The zero-order valence-electron chi connectivity index (χ0n) is 23.5. The van der Waals surface area contributed by atoms with Gasteiger partial charge in [0.1, 0.15) is 16.3 Å². The van der Waals surface area contributed by atoms with Crippen LogP contribution in [0.25, 0.3) is 20.8 Å². The van der Waals surface area contributed by atoms with Crippen LogP contribution in [-0.4, -0.2) is 56.4 Å². The number of nitrogens with one attached hydrogen (secondary N) is 2. The predicted octanol–water partition coefficient (Wildman–Crippen LogP) is 6.30. The Bertz CT molecular complexity index is 1290. The van der Waals surface area contributed by atoms with Crippen LogP contribution in [0.1, 0.15) is 88.9 Å². The van der Waals surface area contributed by atoms with Crippen LogP contribution < -0.4 is 10.6 Å². The van der Waals surface area contributed by atoms with Crippen molar-refractivity contribution in [1.29, 1.82) is 0 Å². The van der Waals surface area contributed by atoms with Crippen LogP contribution in [-0.2, 0) is 4.74 Å². The number of pyridine rings is 1. The van der Waals surface area contributed by atoms with Gasteiger partial charge in [-0.2, -0.15) is 4.98 Å². The van der Waals surface area contributed by atoms with Crippen molar-refractivity contribution in [3.63, 3.8) is 0 Å². The molecule has 8 nitrogen and oxygen atoms in total. The molecule has 0 bridgehead atoms. The first kappa shape index (κ1) is 26.8. The fourth-order valence-electron chi connectivity index (χ4n) is 6.26. The second kappa shape index (κ2) is 11.3. The van der Waals surface area contributed by atoms with Gasteiger partial charge in [0, 0.05) is 31.3 Å². The molecule has 3 aliphatic carbocycles. The van der Waals surface area contributed by atoms with Crippen LogP contribution in [0.2, 0.25) is 0 Å². The summed E-state index contributed by atoms with van der Waals surface area (Å²) in [5, 5.41) is 18.7. The lowest BCUT2D eigenvalue weighted by atomic mass is 9.89. The minimum atomic E-state index is -0.675. The number of fused-ring (bicyclic) bond motifs is 1. The van der Waals surface area contributed by atoms with Crippen LogP contribution in [0.4, 0.5) is 11.8 Å². The van der Waals surface area contributed by atoms with Crippen molar-refractivity contribution >= 4 is 33.3 Å². The van der Waals surface area contributed by atoms with Crippen LogP contribution in [0.3, 0.4) is 0 Å². The van der Waals surface area contributed by atoms with E-state index in [1.54, 1.807) is 11.3 Å². The van der Waals surface area contributed by atoms with Crippen molar-refractivity contribution in [3.8, 4) is 10.6 Å². The molecule has 3 aliphatic rings. The molecule has 0 amide bonds. The Morgan fingerprint density at radius 1 is 1.08 bits per heavy atom. The molecule has 3 aromatic heterocycles. The molecule has 0 radical (unpaired) electrons. The summed E-state index contributed by atoms with van der Waals surface area (Å²) in [4.78, 5) is 19.6. The summed E-state index contributed by atoms with van der Waals surface area (Å²) in [5.74, 6) is 2.96. The molecule has 0 aliphatic heterocycles. The number of thiazole rings is 1. The molecule has 0 spiro atoms. The van der Waals surface area contributed by atoms with E-state index in [2.05, 4.69) is 21.7 Å². The van der Waals surface area contributed by atoms with Crippen molar-refractivity contribution in [3.05, 3.63) is 23.7 Å². The van der Waals surface area contributed by atoms with Gasteiger partial charge >= 0.3 is 0 Å². The quantitative estimate of drug-likeness (QED) is 0.239. The monoisotopic (exact) mass is 550 g/mol. The molecular weight excluding hydrogens is 508 g/mol. The summed E-state index contributed by atoms with van der Waals surface area (Å²) < 4.78 is 7.11. The molecule has 2 unspecified atom stereocenters. The minimum absolute atomic E-state index is 0.245. The SMILES string of the molecule is Cc1nc(NCCOCC2CCCC2)nc(NC2CCC(C(C)(C)O)C2)c1-c1nc2c(C3CC3)nccc2s1. The molecule has 0 saturated heterocycles. The lowest BCUT2D eigenvalue weighted by Gasteiger charge is -2.25. The fraction of sp³-hybridized carbons (Fsp3) is 0.667. The van der Waals surface area contributed by atoms with Gasteiger partial charge < -0.3 is 20.5 Å². The van der Waals surface area contributed by atoms with E-state index in [1.807, 2.05) is 27.0 Å². The first-order chi connectivity index (χ1) is 18.8. The molecule has 3 saturated carbocycles. The molecular formula is C30H42N6O2S. The van der Waals surface area contributed by atoms with Crippen LogP contribution in [0.5, 0.6) is 0 Å². The van der Waals surface area contributed by atoms with Gasteiger partial charge in [-0.1, -0.05) is 12.8 Å². The third kappa shape index (κ3) is 6.20. The zero-order chi connectivity index (χ0) is 27.0. The molecule has 39 heavy (non-hydrogen) atoms. The van der Waals surface area contributed by atoms with Gasteiger partial charge in [0.2, 0.25) is 5.95 Å². The Hall–Kier alpha value is -2.36. The third-order valence-corrected chi connectivity index (χ3v) is 9.77. The van der Waals surface area contributed by atoms with E-state index >= 15 is 0 Å². The number of hydrogen-bond acceptors (Lipinski definition) is 9. The highest BCUT2D eigenvalue weighted by Crippen LogP contribution is 2.45. The van der Waals surface area contributed by atoms with E-state index in [0.717, 1.165) is 69.8 Å². The standard InChI is InChI=1S/C30H42N6O2S/c1-18-24(28-35-26-23(39-28)12-13-31-25(26)20-8-9-20)27(34-22-11-10-21(16-22)30(2,3)37)36-29(33-18)32-14-15-38-17-19-6-4-5-7-19/h12-13,19-22,37H,4-11,14-17H2,1-3H3,(H2,32,33,34,36). The number of aryl methyl sites for hydroxylation is 1. The molecule has 6 rings (SSSR count). The van der Waals surface area contributed by atoms with Crippen molar-refractivity contribution in [2.45, 2.75) is 96.1 Å². The largest absolute Gasteiger partial charge is 0.390 e. The summed E-state index contributed by atoms with van der Waals surface area (Å²) in [6.45, 7) is 8.06. The van der Waals surface area contributed by atoms with Crippen LogP contribution in [0, 0.1) is 18.8 Å². The predicted molar refractivity (Wildman–Crippen MR) is 157 cm³/mol. The number of rotatable bonds is 11. The maximum Gasteiger partial charge on any atom is 0.224 e. The number of anilines is 2. The Morgan fingerprint density at radius 2 is 1.90 bits per heavy atom. The van der Waals surface area contributed by atoms with E-state index < -0.39 is 5.60 Å².